The fourth-order valence-electron chi connectivity index (χ4n) is 4.32. The molecule has 1 aromatic carbocycles. The maximum absolute atomic E-state index is 12.4. The largest absolute Gasteiger partial charge is 0.494 e. The fourth-order valence-corrected chi connectivity index (χ4v) is 4.32. The molecule has 2 fully saturated rings. The van der Waals surface area contributed by atoms with Crippen molar-refractivity contribution in [3.05, 3.63) is 29.8 Å². The number of carbonyl (C=O) groups excluding carboxylic acids is 1. The number of fused-ring (bicyclic) bond motifs is 2. The lowest BCUT2D eigenvalue weighted by molar-refractivity contribution is -0.122. The average Bonchev–Trinajstić information content (AvgIpc) is 2.50. The van der Waals surface area contributed by atoms with E-state index in [2.05, 4.69) is 5.32 Å². The Hall–Kier alpha value is -1.26. The quantitative estimate of drug-likeness (QED) is 0.855. The predicted molar refractivity (Wildman–Crippen MR) is 98.5 cm³/mol. The predicted octanol–water partition coefficient (Wildman–Crippen LogP) is 3.07. The van der Waals surface area contributed by atoms with E-state index in [1.165, 1.54) is 19.3 Å². The molecule has 3 N–H and O–H groups in total. The van der Waals surface area contributed by atoms with Gasteiger partial charge < -0.3 is 15.8 Å². The molecule has 2 unspecified atom stereocenters. The smallest absolute Gasteiger partial charge is 0.224 e. The minimum absolute atomic E-state index is 0. The summed E-state index contributed by atoms with van der Waals surface area (Å²) in [6.07, 6.45) is 6.26. The van der Waals surface area contributed by atoms with Gasteiger partial charge in [0, 0.05) is 12.1 Å². The molecule has 1 amide bonds. The van der Waals surface area contributed by atoms with Crippen LogP contribution in [0.15, 0.2) is 24.3 Å². The van der Waals surface area contributed by atoms with E-state index in [1.807, 2.05) is 31.2 Å². The van der Waals surface area contributed by atoms with Gasteiger partial charge in [-0.2, -0.15) is 0 Å². The number of carbonyl (C=O) groups is 1. The number of hydrogen-bond acceptors (Lipinski definition) is 3. The van der Waals surface area contributed by atoms with Crippen LogP contribution in [-0.4, -0.2) is 24.6 Å². The van der Waals surface area contributed by atoms with Gasteiger partial charge in [-0.05, 0) is 62.1 Å². The normalized spacial score (nSPS) is 28.6. The topological polar surface area (TPSA) is 64.3 Å². The molecule has 1 aromatic rings. The Balaban J connectivity index is 0.00000208. The number of halogens is 1. The summed E-state index contributed by atoms with van der Waals surface area (Å²) >= 11 is 0. The van der Waals surface area contributed by atoms with Crippen molar-refractivity contribution in [3.8, 4) is 5.75 Å². The molecule has 0 radical (unpaired) electrons. The van der Waals surface area contributed by atoms with Crippen molar-refractivity contribution in [1.29, 1.82) is 0 Å². The van der Waals surface area contributed by atoms with Crippen molar-refractivity contribution in [1.82, 2.24) is 5.32 Å². The number of nitrogens with two attached hydrogens (primary N) is 1. The first-order chi connectivity index (χ1) is 11.2. The Labute approximate surface area is 150 Å². The van der Waals surface area contributed by atoms with Crippen LogP contribution in [-0.2, 0) is 11.2 Å². The van der Waals surface area contributed by atoms with E-state index in [4.69, 9.17) is 10.5 Å². The monoisotopic (exact) mass is 352 g/mol. The summed E-state index contributed by atoms with van der Waals surface area (Å²) in [5, 5.41) is 3.30. The SMILES string of the molecule is CCOc1ccc(CC(=O)NC2C3CCCC2CC(N)C3)cc1.Cl. The van der Waals surface area contributed by atoms with Crippen LogP contribution in [0.4, 0.5) is 0 Å². The van der Waals surface area contributed by atoms with Crippen molar-refractivity contribution in [3.63, 3.8) is 0 Å². The number of rotatable bonds is 5. The summed E-state index contributed by atoms with van der Waals surface area (Å²) in [5.41, 5.74) is 7.19. The van der Waals surface area contributed by atoms with Crippen LogP contribution >= 0.6 is 12.4 Å². The van der Waals surface area contributed by atoms with Gasteiger partial charge in [0.2, 0.25) is 5.91 Å². The highest BCUT2D eigenvalue weighted by atomic mass is 35.5. The van der Waals surface area contributed by atoms with Gasteiger partial charge in [-0.1, -0.05) is 18.6 Å². The Morgan fingerprint density at radius 1 is 1.21 bits per heavy atom. The lowest BCUT2D eigenvalue weighted by atomic mass is 9.67. The minimum atomic E-state index is 0. The molecule has 2 aliphatic rings. The molecule has 2 aliphatic carbocycles. The molecule has 2 bridgehead atoms. The van der Waals surface area contributed by atoms with E-state index in [-0.39, 0.29) is 18.3 Å². The zero-order chi connectivity index (χ0) is 16.2. The highest BCUT2D eigenvalue weighted by molar-refractivity contribution is 5.85. The van der Waals surface area contributed by atoms with Gasteiger partial charge in [0.1, 0.15) is 5.75 Å². The third-order valence-electron chi connectivity index (χ3n) is 5.30. The van der Waals surface area contributed by atoms with E-state index in [9.17, 15) is 4.79 Å². The molecule has 0 heterocycles. The van der Waals surface area contributed by atoms with Gasteiger partial charge >= 0.3 is 0 Å². The van der Waals surface area contributed by atoms with Crippen LogP contribution in [0.5, 0.6) is 5.75 Å². The van der Waals surface area contributed by atoms with Crippen molar-refractivity contribution < 1.29 is 9.53 Å². The third kappa shape index (κ3) is 4.64. The van der Waals surface area contributed by atoms with E-state index in [0.717, 1.165) is 24.2 Å². The lowest BCUT2D eigenvalue weighted by Gasteiger charge is -2.45. The number of nitrogens with one attached hydrogen (secondary N) is 1. The number of hydrogen-bond donors (Lipinski definition) is 2. The second kappa shape index (κ2) is 8.72. The van der Waals surface area contributed by atoms with Crippen molar-refractivity contribution in [2.45, 2.75) is 57.5 Å². The second-order valence-electron chi connectivity index (χ2n) is 7.03. The van der Waals surface area contributed by atoms with Gasteiger partial charge in [-0.15, -0.1) is 12.4 Å². The van der Waals surface area contributed by atoms with Crippen LogP contribution in [0.25, 0.3) is 0 Å². The summed E-state index contributed by atoms with van der Waals surface area (Å²) in [7, 11) is 0. The van der Waals surface area contributed by atoms with Gasteiger partial charge in [-0.3, -0.25) is 4.79 Å². The highest BCUT2D eigenvalue weighted by Crippen LogP contribution is 2.39. The zero-order valence-corrected chi connectivity index (χ0v) is 15.2. The van der Waals surface area contributed by atoms with Gasteiger partial charge in [0.15, 0.2) is 0 Å². The molecule has 2 atom stereocenters. The van der Waals surface area contributed by atoms with Crippen molar-refractivity contribution in [2.75, 3.05) is 6.61 Å². The van der Waals surface area contributed by atoms with Crippen LogP contribution in [0.3, 0.4) is 0 Å². The van der Waals surface area contributed by atoms with Crippen molar-refractivity contribution >= 4 is 18.3 Å². The molecule has 3 rings (SSSR count). The van der Waals surface area contributed by atoms with E-state index in [0.29, 0.717) is 36.9 Å². The Kier molecular flexibility index (Phi) is 6.93. The molecule has 0 spiro atoms. The van der Waals surface area contributed by atoms with Gasteiger partial charge in [0.05, 0.1) is 13.0 Å². The number of benzene rings is 1. The molecular formula is C19H29ClN2O2. The zero-order valence-electron chi connectivity index (χ0n) is 14.4. The van der Waals surface area contributed by atoms with Crippen molar-refractivity contribution in [2.24, 2.45) is 17.6 Å². The molecule has 134 valence electrons. The van der Waals surface area contributed by atoms with E-state index < -0.39 is 0 Å². The molecule has 0 aliphatic heterocycles. The molecule has 2 saturated carbocycles. The summed E-state index contributed by atoms with van der Waals surface area (Å²) < 4.78 is 5.44. The molecule has 4 nitrogen and oxygen atoms in total. The van der Waals surface area contributed by atoms with Crippen LogP contribution < -0.4 is 15.8 Å². The highest BCUT2D eigenvalue weighted by Gasteiger charge is 2.39. The summed E-state index contributed by atoms with van der Waals surface area (Å²) in [5.74, 6) is 2.13. The number of ether oxygens (including phenoxy) is 1. The average molecular weight is 353 g/mol. The fraction of sp³-hybridized carbons (Fsp3) is 0.632. The van der Waals surface area contributed by atoms with Crippen LogP contribution in [0.1, 0.15) is 44.6 Å². The molecule has 5 heteroatoms. The first-order valence-corrected chi connectivity index (χ1v) is 8.92. The summed E-state index contributed by atoms with van der Waals surface area (Å²) in [6, 6.07) is 8.47. The van der Waals surface area contributed by atoms with Gasteiger partial charge in [0.25, 0.3) is 0 Å². The second-order valence-corrected chi connectivity index (χ2v) is 7.03. The molecule has 0 aromatic heterocycles. The van der Waals surface area contributed by atoms with E-state index >= 15 is 0 Å². The maximum atomic E-state index is 12.4. The Morgan fingerprint density at radius 2 is 1.83 bits per heavy atom. The summed E-state index contributed by atoms with van der Waals surface area (Å²) in [6.45, 7) is 2.63. The maximum Gasteiger partial charge on any atom is 0.224 e. The molecule has 0 saturated heterocycles. The molecule has 24 heavy (non-hydrogen) atoms. The third-order valence-corrected chi connectivity index (χ3v) is 5.30. The first kappa shape index (κ1) is 19.1. The molecular weight excluding hydrogens is 324 g/mol. The summed E-state index contributed by atoms with van der Waals surface area (Å²) in [4.78, 5) is 12.4. The number of amides is 1. The van der Waals surface area contributed by atoms with Crippen LogP contribution in [0.2, 0.25) is 0 Å². The lowest BCUT2D eigenvalue weighted by Crippen LogP contribution is -2.54. The van der Waals surface area contributed by atoms with Crippen LogP contribution in [0, 0.1) is 11.8 Å². The standard InChI is InChI=1S/C19H28N2O2.ClH/c1-2-23-17-8-6-13(7-9-17)10-18(22)21-19-14-4-3-5-15(19)12-16(20)11-14;/h6-9,14-16,19H,2-5,10-12,20H2,1H3,(H,21,22);1H. The Morgan fingerprint density at radius 3 is 2.42 bits per heavy atom. The van der Waals surface area contributed by atoms with E-state index in [1.54, 1.807) is 0 Å². The first-order valence-electron chi connectivity index (χ1n) is 8.92. The minimum Gasteiger partial charge on any atom is -0.494 e. The van der Waals surface area contributed by atoms with Gasteiger partial charge in [-0.25, -0.2) is 0 Å². The Bertz CT molecular complexity index is 521.